The molecule has 1 aromatic heterocycles. The Bertz CT molecular complexity index is 572. The maximum atomic E-state index is 12.6. The first kappa shape index (κ1) is 14.7. The van der Waals surface area contributed by atoms with Gasteiger partial charge in [0.2, 0.25) is 0 Å². The van der Waals surface area contributed by atoms with Crippen LogP contribution >= 0.6 is 15.9 Å². The molecule has 3 nitrogen and oxygen atoms in total. The number of halogens is 1. The molecule has 1 heterocycles. The van der Waals surface area contributed by atoms with Crippen molar-refractivity contribution in [2.45, 2.75) is 13.5 Å². The Hall–Kier alpha value is -1.68. The van der Waals surface area contributed by atoms with Gasteiger partial charge >= 0.3 is 0 Å². The number of aromatic nitrogens is 1. The highest BCUT2D eigenvalue weighted by Crippen LogP contribution is 2.11. The van der Waals surface area contributed by atoms with Gasteiger partial charge in [-0.05, 0) is 24.1 Å². The van der Waals surface area contributed by atoms with E-state index >= 15 is 0 Å². The third-order valence-electron chi connectivity index (χ3n) is 3.07. The lowest BCUT2D eigenvalue weighted by atomic mass is 10.1. The summed E-state index contributed by atoms with van der Waals surface area (Å²) in [4.78, 5) is 18.6. The number of benzene rings is 1. The average Bonchev–Trinajstić information content (AvgIpc) is 2.48. The minimum atomic E-state index is -0.0218. The van der Waals surface area contributed by atoms with Gasteiger partial charge in [0.1, 0.15) is 5.69 Å². The standard InChI is InChI=1S/C16H17BrN2O/c1-13-6-5-10-18-15(13)16(20)19(11-9-17)12-14-7-3-2-4-8-14/h2-8,10H,9,11-12H2,1H3. The zero-order valence-corrected chi connectivity index (χ0v) is 13.0. The Balaban J connectivity index is 2.20. The van der Waals surface area contributed by atoms with E-state index in [4.69, 9.17) is 0 Å². The van der Waals surface area contributed by atoms with Gasteiger partial charge in [-0.15, -0.1) is 0 Å². The fourth-order valence-corrected chi connectivity index (χ4v) is 2.45. The SMILES string of the molecule is Cc1cccnc1C(=O)N(CCBr)Cc1ccccc1. The van der Waals surface area contributed by atoms with Crippen molar-refractivity contribution in [2.24, 2.45) is 0 Å². The van der Waals surface area contributed by atoms with Gasteiger partial charge < -0.3 is 4.90 Å². The second-order valence-electron chi connectivity index (χ2n) is 4.57. The summed E-state index contributed by atoms with van der Waals surface area (Å²) in [5.41, 5.74) is 2.56. The molecule has 0 fully saturated rings. The Morgan fingerprint density at radius 3 is 2.60 bits per heavy atom. The third-order valence-corrected chi connectivity index (χ3v) is 3.42. The van der Waals surface area contributed by atoms with Gasteiger partial charge in [-0.2, -0.15) is 0 Å². The number of nitrogens with zero attached hydrogens (tertiary/aromatic N) is 2. The molecule has 4 heteroatoms. The molecule has 0 bridgehead atoms. The molecule has 0 aliphatic carbocycles. The predicted molar refractivity (Wildman–Crippen MR) is 84.0 cm³/mol. The van der Waals surface area contributed by atoms with Gasteiger partial charge in [0, 0.05) is 24.6 Å². The number of carbonyl (C=O) groups is 1. The summed E-state index contributed by atoms with van der Waals surface area (Å²) in [6, 6.07) is 13.8. The molecule has 1 amide bonds. The Morgan fingerprint density at radius 2 is 1.95 bits per heavy atom. The molecule has 0 unspecified atom stereocenters. The van der Waals surface area contributed by atoms with Crippen LogP contribution in [0.4, 0.5) is 0 Å². The van der Waals surface area contributed by atoms with Crippen LogP contribution in [0, 0.1) is 6.92 Å². The highest BCUT2D eigenvalue weighted by atomic mass is 79.9. The topological polar surface area (TPSA) is 33.2 Å². The molecule has 0 radical (unpaired) electrons. The van der Waals surface area contributed by atoms with Crippen molar-refractivity contribution in [3.63, 3.8) is 0 Å². The monoisotopic (exact) mass is 332 g/mol. The fourth-order valence-electron chi connectivity index (χ4n) is 2.02. The molecule has 0 saturated carbocycles. The number of pyridine rings is 1. The number of hydrogen-bond donors (Lipinski definition) is 0. The summed E-state index contributed by atoms with van der Waals surface area (Å²) >= 11 is 3.41. The number of alkyl halides is 1. The first-order chi connectivity index (χ1) is 9.72. The van der Waals surface area contributed by atoms with Crippen LogP contribution in [0.2, 0.25) is 0 Å². The summed E-state index contributed by atoms with van der Waals surface area (Å²) in [7, 11) is 0. The van der Waals surface area contributed by atoms with E-state index in [0.29, 0.717) is 18.8 Å². The largest absolute Gasteiger partial charge is 0.332 e. The van der Waals surface area contributed by atoms with E-state index in [-0.39, 0.29) is 5.91 Å². The quantitative estimate of drug-likeness (QED) is 0.786. The van der Waals surface area contributed by atoms with Gasteiger partial charge in [-0.25, -0.2) is 0 Å². The minimum absolute atomic E-state index is 0.0218. The number of carbonyl (C=O) groups excluding carboxylic acids is 1. The summed E-state index contributed by atoms with van der Waals surface area (Å²) < 4.78 is 0. The van der Waals surface area contributed by atoms with Crippen molar-refractivity contribution in [1.82, 2.24) is 9.88 Å². The molecular weight excluding hydrogens is 316 g/mol. The maximum Gasteiger partial charge on any atom is 0.273 e. The van der Waals surface area contributed by atoms with Gasteiger partial charge in [0.05, 0.1) is 0 Å². The van der Waals surface area contributed by atoms with Crippen LogP contribution in [-0.2, 0) is 6.54 Å². The molecule has 0 atom stereocenters. The van der Waals surface area contributed by atoms with Crippen LogP contribution in [0.3, 0.4) is 0 Å². The second kappa shape index (κ2) is 7.20. The lowest BCUT2D eigenvalue weighted by Gasteiger charge is -2.22. The number of rotatable bonds is 5. The zero-order chi connectivity index (χ0) is 14.4. The average molecular weight is 333 g/mol. The van der Waals surface area contributed by atoms with Crippen LogP contribution in [0.5, 0.6) is 0 Å². The van der Waals surface area contributed by atoms with Crippen LogP contribution in [0.15, 0.2) is 48.7 Å². The first-order valence-corrected chi connectivity index (χ1v) is 7.65. The molecule has 2 rings (SSSR count). The number of hydrogen-bond acceptors (Lipinski definition) is 2. The van der Waals surface area contributed by atoms with Crippen LogP contribution < -0.4 is 0 Å². The molecule has 0 spiro atoms. The summed E-state index contributed by atoms with van der Waals surface area (Å²) in [6.45, 7) is 3.17. The van der Waals surface area contributed by atoms with Crippen LogP contribution in [0.1, 0.15) is 21.6 Å². The minimum Gasteiger partial charge on any atom is -0.332 e. The van der Waals surface area contributed by atoms with Gasteiger partial charge in [0.25, 0.3) is 5.91 Å². The number of amides is 1. The third kappa shape index (κ3) is 3.67. The van der Waals surface area contributed by atoms with Crippen molar-refractivity contribution >= 4 is 21.8 Å². The normalized spacial score (nSPS) is 10.3. The number of aryl methyl sites for hydroxylation is 1. The van der Waals surface area contributed by atoms with Crippen LogP contribution in [-0.4, -0.2) is 27.7 Å². The predicted octanol–water partition coefficient (Wildman–Crippen LogP) is 3.43. The Morgan fingerprint density at radius 1 is 1.20 bits per heavy atom. The molecule has 1 aromatic carbocycles. The fraction of sp³-hybridized carbons (Fsp3) is 0.250. The van der Waals surface area contributed by atoms with Crippen molar-refractivity contribution in [2.75, 3.05) is 11.9 Å². The molecule has 0 N–H and O–H groups in total. The smallest absolute Gasteiger partial charge is 0.273 e. The molecule has 0 saturated heterocycles. The van der Waals surface area contributed by atoms with Gasteiger partial charge in [-0.3, -0.25) is 9.78 Å². The summed E-state index contributed by atoms with van der Waals surface area (Å²) in [5.74, 6) is -0.0218. The van der Waals surface area contributed by atoms with Crippen molar-refractivity contribution in [3.8, 4) is 0 Å². The van der Waals surface area contributed by atoms with Gasteiger partial charge in [-0.1, -0.05) is 52.3 Å². The summed E-state index contributed by atoms with van der Waals surface area (Å²) in [6.07, 6.45) is 1.66. The second-order valence-corrected chi connectivity index (χ2v) is 5.36. The van der Waals surface area contributed by atoms with E-state index in [2.05, 4.69) is 20.9 Å². The van der Waals surface area contributed by atoms with Crippen molar-refractivity contribution < 1.29 is 4.79 Å². The van der Waals surface area contributed by atoms with Crippen molar-refractivity contribution in [3.05, 3.63) is 65.5 Å². The van der Waals surface area contributed by atoms with Gasteiger partial charge in [0.15, 0.2) is 0 Å². The van der Waals surface area contributed by atoms with E-state index in [1.165, 1.54) is 0 Å². The van der Waals surface area contributed by atoms with Crippen LogP contribution in [0.25, 0.3) is 0 Å². The molecule has 0 aliphatic heterocycles. The molecule has 20 heavy (non-hydrogen) atoms. The van der Waals surface area contributed by atoms with E-state index in [1.54, 1.807) is 6.20 Å². The molecular formula is C16H17BrN2O. The highest BCUT2D eigenvalue weighted by Gasteiger charge is 2.18. The van der Waals surface area contributed by atoms with E-state index in [1.807, 2.05) is 54.3 Å². The highest BCUT2D eigenvalue weighted by molar-refractivity contribution is 9.09. The Kier molecular flexibility index (Phi) is 5.30. The van der Waals surface area contributed by atoms with E-state index in [0.717, 1.165) is 16.5 Å². The lowest BCUT2D eigenvalue weighted by Crippen LogP contribution is -2.33. The zero-order valence-electron chi connectivity index (χ0n) is 11.4. The van der Waals surface area contributed by atoms with E-state index in [9.17, 15) is 4.79 Å². The van der Waals surface area contributed by atoms with Crippen molar-refractivity contribution in [1.29, 1.82) is 0 Å². The van der Waals surface area contributed by atoms with E-state index < -0.39 is 0 Å². The molecule has 2 aromatic rings. The Labute approximate surface area is 127 Å². The summed E-state index contributed by atoms with van der Waals surface area (Å²) in [5, 5.41) is 0.747. The molecule has 104 valence electrons. The maximum absolute atomic E-state index is 12.6. The lowest BCUT2D eigenvalue weighted by molar-refractivity contribution is 0.0748. The molecule has 0 aliphatic rings. The first-order valence-electron chi connectivity index (χ1n) is 6.53.